The summed E-state index contributed by atoms with van der Waals surface area (Å²) in [5.74, 6) is 0.123. The van der Waals surface area contributed by atoms with Crippen molar-refractivity contribution in [2.75, 3.05) is 0 Å². The number of phenolic OH excluding ortho intramolecular Hbond substituents is 1. The smallest absolute Gasteiger partial charge is 0.148 e. The second-order valence-electron chi connectivity index (χ2n) is 13.4. The van der Waals surface area contributed by atoms with Crippen LogP contribution in [-0.4, -0.2) is 19.6 Å². The Morgan fingerprint density at radius 2 is 1.31 bits per heavy atom. The minimum Gasteiger partial charge on any atom is -0.507 e. The Labute approximate surface area is 381 Å². The first-order valence-electron chi connectivity index (χ1n) is 27.3. The number of pyridine rings is 1. The third-order valence-corrected chi connectivity index (χ3v) is 9.48. The summed E-state index contributed by atoms with van der Waals surface area (Å²) in [6.45, 7) is -14.4. The van der Waals surface area contributed by atoms with Crippen molar-refractivity contribution in [3.63, 3.8) is 0 Å². The number of para-hydroxylation sites is 2. The SMILES string of the molecule is [2H]c1nc(-c2[c-]c(-c3cccc4c3nc(-c3ccccc3O)n4-c3cc(-c4ccccc4)cc(C([2H])([2H])[2H])c3)cc(-c3ccccc3)c2)c([2H])c(-c2c([2H])c([2H])c(C(C([2H])([2H])[2H])(C([2H])([2H])[2H])C([2H])([2H])[2H])c([2H])c2[2H])c1[2H].[Pt]. The van der Waals surface area contributed by atoms with Gasteiger partial charge in [-0.15, -0.1) is 23.8 Å². The van der Waals surface area contributed by atoms with Gasteiger partial charge >= 0.3 is 0 Å². The van der Waals surface area contributed by atoms with Crippen LogP contribution in [0.5, 0.6) is 5.75 Å². The van der Waals surface area contributed by atoms with E-state index in [0.29, 0.717) is 50.1 Å². The second-order valence-corrected chi connectivity index (χ2v) is 13.4. The molecule has 286 valence electrons. The number of rotatable bonds is 7. The molecule has 0 saturated carbocycles. The number of phenols is 1. The van der Waals surface area contributed by atoms with E-state index in [2.05, 4.69) is 11.1 Å². The maximum Gasteiger partial charge on any atom is 0.148 e. The Morgan fingerprint density at radius 3 is 2.02 bits per heavy atom. The van der Waals surface area contributed by atoms with Crippen LogP contribution in [0.3, 0.4) is 0 Å². The number of imidazole rings is 1. The van der Waals surface area contributed by atoms with E-state index in [0.717, 1.165) is 5.56 Å². The van der Waals surface area contributed by atoms with E-state index < -0.39 is 91.9 Å². The van der Waals surface area contributed by atoms with E-state index in [1.807, 2.05) is 48.5 Å². The molecule has 0 saturated heterocycles. The molecule has 0 aliphatic rings. The normalized spacial score (nSPS) is 17.0. The first kappa shape index (κ1) is 22.0. The van der Waals surface area contributed by atoms with Crippen LogP contribution in [-0.2, 0) is 26.5 Å². The van der Waals surface area contributed by atoms with Gasteiger partial charge in [0.1, 0.15) is 11.6 Å². The van der Waals surface area contributed by atoms with Gasteiger partial charge < -0.3 is 5.11 Å². The molecular formula is C53H42N3OPt-. The van der Waals surface area contributed by atoms with Crippen LogP contribution >= 0.6 is 0 Å². The molecule has 5 heteroatoms. The van der Waals surface area contributed by atoms with Crippen molar-refractivity contribution >= 4 is 11.0 Å². The molecule has 7 aromatic carbocycles. The largest absolute Gasteiger partial charge is 0.507 e. The van der Waals surface area contributed by atoms with Crippen molar-refractivity contribution in [1.29, 1.82) is 0 Å². The Kier molecular flexibility index (Phi) is 6.02. The van der Waals surface area contributed by atoms with Crippen LogP contribution in [0.4, 0.5) is 0 Å². The van der Waals surface area contributed by atoms with Crippen LogP contribution in [0, 0.1) is 12.9 Å². The molecule has 0 radical (unpaired) electrons. The van der Waals surface area contributed by atoms with Gasteiger partial charge in [-0.25, -0.2) is 4.98 Å². The van der Waals surface area contributed by atoms with Crippen LogP contribution in [0.25, 0.3) is 83.9 Å². The molecule has 1 N–H and O–H groups in total. The van der Waals surface area contributed by atoms with Crippen molar-refractivity contribution in [3.05, 3.63) is 193 Å². The molecule has 2 heterocycles. The van der Waals surface area contributed by atoms with Crippen molar-refractivity contribution in [3.8, 4) is 78.6 Å². The minimum atomic E-state index is -3.95. The summed E-state index contributed by atoms with van der Waals surface area (Å²) in [6, 6.07) is 35.1. The molecule has 9 rings (SSSR count). The third-order valence-electron chi connectivity index (χ3n) is 9.48. The van der Waals surface area contributed by atoms with Gasteiger partial charge in [0.15, 0.2) is 0 Å². The summed E-state index contributed by atoms with van der Waals surface area (Å²) in [5, 5.41) is 11.4. The number of nitrogens with zero attached hydrogens (tertiary/aromatic N) is 3. The zero-order valence-electron chi connectivity index (χ0n) is 49.3. The molecule has 0 bridgehead atoms. The molecule has 0 amide bonds. The number of fused-ring (bicyclic) bond motifs is 1. The fourth-order valence-electron chi connectivity index (χ4n) is 6.79. The number of hydrogen-bond donors (Lipinski definition) is 1. The quantitative estimate of drug-likeness (QED) is 0.162. The molecule has 2 aromatic heterocycles. The van der Waals surface area contributed by atoms with E-state index in [1.54, 1.807) is 83.4 Å². The summed E-state index contributed by atoms with van der Waals surface area (Å²) in [7, 11) is 0. The Balaban J connectivity index is 0.00000784. The fraction of sp³-hybridized carbons (Fsp3) is 0.0943. The van der Waals surface area contributed by atoms with Crippen LogP contribution in [0.1, 0.15) is 57.7 Å². The summed E-state index contributed by atoms with van der Waals surface area (Å²) in [4.78, 5) is 9.46. The zero-order chi connectivity index (χ0) is 55.2. The number of benzene rings is 7. The van der Waals surface area contributed by atoms with Crippen LogP contribution < -0.4 is 0 Å². The van der Waals surface area contributed by atoms with Crippen molar-refractivity contribution in [2.45, 2.75) is 32.8 Å². The monoisotopic (exact) mass is 950 g/mol. The summed E-state index contributed by atoms with van der Waals surface area (Å²) in [6.07, 6.45) is -0.800. The Bertz CT molecular complexity index is 3690. The first-order valence-corrected chi connectivity index (χ1v) is 17.8. The average molecular weight is 951 g/mol. The van der Waals surface area contributed by atoms with Crippen molar-refractivity contribution < 1.29 is 52.2 Å². The molecule has 58 heavy (non-hydrogen) atoms. The van der Waals surface area contributed by atoms with Gasteiger partial charge in [0.25, 0.3) is 0 Å². The van der Waals surface area contributed by atoms with Crippen molar-refractivity contribution in [1.82, 2.24) is 14.5 Å². The molecule has 4 nitrogen and oxygen atoms in total. The maximum absolute atomic E-state index is 11.4. The van der Waals surface area contributed by atoms with E-state index >= 15 is 0 Å². The van der Waals surface area contributed by atoms with E-state index in [9.17, 15) is 6.48 Å². The summed E-state index contributed by atoms with van der Waals surface area (Å²) in [5.41, 5.74) is -2.27. The zero-order valence-corrected chi connectivity index (χ0v) is 32.6. The molecule has 0 spiro atoms. The molecule has 0 fully saturated rings. The maximum atomic E-state index is 11.4. The van der Waals surface area contributed by atoms with Gasteiger partial charge in [0.2, 0.25) is 0 Å². The third kappa shape index (κ3) is 7.56. The second kappa shape index (κ2) is 15.9. The van der Waals surface area contributed by atoms with Gasteiger partial charge in [-0.1, -0.05) is 158 Å². The van der Waals surface area contributed by atoms with Crippen molar-refractivity contribution in [2.24, 2.45) is 0 Å². The van der Waals surface area contributed by atoms with E-state index in [4.69, 9.17) is 29.7 Å². The first-order chi connectivity index (χ1) is 35.6. The number of aryl methyl sites for hydroxylation is 1. The molecule has 0 unspecified atom stereocenters. The standard InChI is InChI=1S/C53H42N3O.Pt/c1-35-28-40(36-14-7-5-8-15-36)33-45(29-35)56-49-20-13-19-46(51(49)55-52(56)47-18-11-12-21-50(47)57)42-30-41(37-16-9-6-10-17-37)31-43(32-42)48-34-39(26-27-54-48)38-22-24-44(25-23-38)53(2,3)4;/h5-31,33-34,57H,1-4H3;/q-1;/i1D3,2D3,3D3,4D3,22D,23D,24D,25D,26D,27D,34D;. The molecular weight excluding hydrogens is 890 g/mol. The molecule has 9 aromatic rings. The summed E-state index contributed by atoms with van der Waals surface area (Å²) >= 11 is 0. The number of hydrogen-bond acceptors (Lipinski definition) is 3. The topological polar surface area (TPSA) is 50.9 Å². The van der Waals surface area contributed by atoms with Crippen LogP contribution in [0.15, 0.2) is 176 Å². The van der Waals surface area contributed by atoms with Gasteiger partial charge in [-0.2, -0.15) is 0 Å². The predicted octanol–water partition coefficient (Wildman–Crippen LogP) is 13.5. The van der Waals surface area contributed by atoms with E-state index in [1.165, 1.54) is 6.07 Å². The Morgan fingerprint density at radius 1 is 0.638 bits per heavy atom. The number of aromatic hydroxyl groups is 1. The average Bonchev–Trinajstić information content (AvgIpc) is 3.91. The minimum absolute atomic E-state index is 0. The van der Waals surface area contributed by atoms with E-state index in [-0.39, 0.29) is 49.5 Å². The molecule has 0 aliphatic heterocycles. The van der Waals surface area contributed by atoms with Gasteiger partial charge in [-0.3, -0.25) is 9.55 Å². The van der Waals surface area contributed by atoms with Gasteiger partial charge in [0.05, 0.1) is 26.2 Å². The Hall–Kier alpha value is -6.35. The fourth-order valence-corrected chi connectivity index (χ4v) is 6.79. The van der Waals surface area contributed by atoms with Gasteiger partial charge in [-0.05, 0) is 87.6 Å². The molecule has 0 atom stereocenters. The number of aromatic nitrogens is 3. The molecule has 0 aliphatic carbocycles. The summed E-state index contributed by atoms with van der Waals surface area (Å²) < 4.78 is 165. The van der Waals surface area contributed by atoms with Crippen LogP contribution in [0.2, 0.25) is 0 Å². The van der Waals surface area contributed by atoms with Gasteiger partial charge in [0, 0.05) is 55.1 Å². The predicted molar refractivity (Wildman–Crippen MR) is 235 cm³/mol.